The summed E-state index contributed by atoms with van der Waals surface area (Å²) in [6, 6.07) is 10.9. The van der Waals surface area contributed by atoms with E-state index < -0.39 is 0 Å². The van der Waals surface area contributed by atoms with E-state index in [0.29, 0.717) is 0 Å². The number of hydrogen-bond acceptors (Lipinski definition) is 4. The molecule has 0 N–H and O–H groups in total. The number of nitrogens with zero attached hydrogens (tertiary/aromatic N) is 1. The third kappa shape index (κ3) is 8.03. The van der Waals surface area contributed by atoms with Gasteiger partial charge in [0.2, 0.25) is 5.69 Å². The minimum absolute atomic E-state index is 0. The Labute approximate surface area is 260 Å². The molecule has 1 aliphatic rings. The van der Waals surface area contributed by atoms with Crippen LogP contribution in [0.15, 0.2) is 30.3 Å². The summed E-state index contributed by atoms with van der Waals surface area (Å²) in [6.07, 6.45) is 17.2. The molecular formula is C36H52ClNO4. The van der Waals surface area contributed by atoms with Crippen molar-refractivity contribution in [3.8, 4) is 34.3 Å². The second-order valence-electron chi connectivity index (χ2n) is 11.4. The minimum Gasteiger partial charge on any atom is -1.00 e. The SMILES string of the molecule is CCCCCCCCOc1cc2c(cc1OC)-c1cc3ccc(OC)c(OC)c3c(CCCCCCCC)[n+]1CC2.[Cl-]. The van der Waals surface area contributed by atoms with Gasteiger partial charge in [0.1, 0.15) is 0 Å². The normalized spacial score (nSPS) is 11.9. The number of fused-ring (bicyclic) bond motifs is 4. The lowest BCUT2D eigenvalue weighted by molar-refractivity contribution is -0.693. The van der Waals surface area contributed by atoms with Gasteiger partial charge in [-0.25, -0.2) is 0 Å². The Hall–Kier alpha value is -2.66. The molecule has 0 saturated heterocycles. The van der Waals surface area contributed by atoms with Crippen LogP contribution in [-0.4, -0.2) is 27.9 Å². The third-order valence-corrected chi connectivity index (χ3v) is 8.57. The molecule has 4 rings (SSSR count). The highest BCUT2D eigenvalue weighted by molar-refractivity contribution is 5.94. The Bertz CT molecular complexity index is 1280. The molecule has 1 aromatic heterocycles. The van der Waals surface area contributed by atoms with Crippen molar-refractivity contribution in [3.05, 3.63) is 41.6 Å². The van der Waals surface area contributed by atoms with Crippen LogP contribution in [0.2, 0.25) is 0 Å². The van der Waals surface area contributed by atoms with Crippen LogP contribution in [0.5, 0.6) is 23.0 Å². The Balaban J connectivity index is 0.00000484. The van der Waals surface area contributed by atoms with E-state index in [1.807, 2.05) is 6.07 Å². The zero-order chi connectivity index (χ0) is 29.0. The average Bonchev–Trinajstić information content (AvgIpc) is 3.00. The van der Waals surface area contributed by atoms with E-state index in [0.717, 1.165) is 55.4 Å². The van der Waals surface area contributed by atoms with Gasteiger partial charge in [-0.2, -0.15) is 4.57 Å². The fraction of sp³-hybridized carbons (Fsp3) is 0.583. The Morgan fingerprint density at radius 3 is 2.02 bits per heavy atom. The Morgan fingerprint density at radius 1 is 0.690 bits per heavy atom. The lowest BCUT2D eigenvalue weighted by Crippen LogP contribution is -3.00. The molecule has 0 saturated carbocycles. The van der Waals surface area contributed by atoms with Gasteiger partial charge in [-0.1, -0.05) is 78.1 Å². The van der Waals surface area contributed by atoms with Crippen molar-refractivity contribution in [3.63, 3.8) is 0 Å². The quantitative estimate of drug-likeness (QED) is 0.133. The van der Waals surface area contributed by atoms with E-state index >= 15 is 0 Å². The molecule has 5 nitrogen and oxygen atoms in total. The molecule has 2 aromatic carbocycles. The number of hydrogen-bond donors (Lipinski definition) is 0. The third-order valence-electron chi connectivity index (χ3n) is 8.57. The lowest BCUT2D eigenvalue weighted by atomic mass is 9.92. The zero-order valence-electron chi connectivity index (χ0n) is 26.7. The maximum absolute atomic E-state index is 6.27. The highest BCUT2D eigenvalue weighted by Gasteiger charge is 2.31. The average molecular weight is 598 g/mol. The van der Waals surface area contributed by atoms with Crippen molar-refractivity contribution < 1.29 is 35.9 Å². The van der Waals surface area contributed by atoms with Crippen LogP contribution < -0.4 is 35.9 Å². The van der Waals surface area contributed by atoms with Crippen molar-refractivity contribution in [1.29, 1.82) is 0 Å². The summed E-state index contributed by atoms with van der Waals surface area (Å²) >= 11 is 0. The topological polar surface area (TPSA) is 40.8 Å². The molecule has 3 aromatic rings. The molecule has 0 unspecified atom stereocenters. The highest BCUT2D eigenvalue weighted by Crippen LogP contribution is 2.42. The largest absolute Gasteiger partial charge is 1.00 e. The van der Waals surface area contributed by atoms with Gasteiger partial charge in [-0.15, -0.1) is 0 Å². The second-order valence-corrected chi connectivity index (χ2v) is 11.4. The van der Waals surface area contributed by atoms with Crippen molar-refractivity contribution >= 4 is 10.8 Å². The molecule has 0 aliphatic carbocycles. The molecule has 232 valence electrons. The van der Waals surface area contributed by atoms with E-state index in [4.69, 9.17) is 18.9 Å². The summed E-state index contributed by atoms with van der Waals surface area (Å²) in [5.41, 5.74) is 5.15. The molecule has 6 heteroatoms. The predicted octanol–water partition coefficient (Wildman–Crippen LogP) is 6.02. The molecule has 0 bridgehead atoms. The fourth-order valence-electron chi connectivity index (χ4n) is 6.29. The highest BCUT2D eigenvalue weighted by atomic mass is 35.5. The van der Waals surface area contributed by atoms with Gasteiger partial charge in [-0.3, -0.25) is 0 Å². The number of methoxy groups -OCH3 is 3. The molecule has 0 fully saturated rings. The first kappa shape index (κ1) is 33.8. The number of rotatable bonds is 18. The van der Waals surface area contributed by atoms with Gasteiger partial charge in [0, 0.05) is 18.9 Å². The summed E-state index contributed by atoms with van der Waals surface area (Å²) in [5, 5.41) is 2.36. The van der Waals surface area contributed by atoms with E-state index in [2.05, 4.69) is 42.7 Å². The van der Waals surface area contributed by atoms with Gasteiger partial charge >= 0.3 is 0 Å². The summed E-state index contributed by atoms with van der Waals surface area (Å²) in [7, 11) is 5.22. The second kappa shape index (κ2) is 17.5. The maximum Gasteiger partial charge on any atom is 0.213 e. The van der Waals surface area contributed by atoms with E-state index in [9.17, 15) is 0 Å². The number of aryl methyl sites for hydroxylation is 2. The van der Waals surface area contributed by atoms with Crippen molar-refractivity contribution in [2.45, 2.75) is 110 Å². The van der Waals surface area contributed by atoms with Crippen LogP contribution in [0, 0.1) is 0 Å². The number of pyridine rings is 1. The van der Waals surface area contributed by atoms with Gasteiger partial charge in [0.15, 0.2) is 35.2 Å². The molecule has 0 atom stereocenters. The van der Waals surface area contributed by atoms with Crippen LogP contribution in [0.1, 0.15) is 102 Å². The first-order valence-electron chi connectivity index (χ1n) is 16.1. The standard InChI is InChI=1S/C36H52NO4.ClH/c1-6-8-10-12-14-16-18-30-35-28(19-20-32(38-3)36(35)40-5)24-31-29-26-33(39-4)34(25-27(29)21-22-37(30)31)41-23-17-15-13-11-9-7-2;/h19-20,24-26H,6-18,21-23H2,1-5H3;1H/q+1;/p-1. The van der Waals surface area contributed by atoms with Crippen LogP contribution >= 0.6 is 0 Å². The molecule has 0 amide bonds. The number of ether oxygens (including phenoxy) is 4. The van der Waals surface area contributed by atoms with Crippen molar-refractivity contribution in [2.75, 3.05) is 27.9 Å². The summed E-state index contributed by atoms with van der Waals surface area (Å²) in [5.74, 6) is 3.30. The van der Waals surface area contributed by atoms with E-state index in [-0.39, 0.29) is 12.4 Å². The molecule has 42 heavy (non-hydrogen) atoms. The number of aromatic nitrogens is 1. The van der Waals surface area contributed by atoms with Crippen LogP contribution in [0.4, 0.5) is 0 Å². The lowest BCUT2D eigenvalue weighted by Gasteiger charge is -2.22. The predicted molar refractivity (Wildman–Crippen MR) is 169 cm³/mol. The molecule has 2 heterocycles. The number of benzene rings is 2. The van der Waals surface area contributed by atoms with E-state index in [1.165, 1.54) is 104 Å². The molecular weight excluding hydrogens is 546 g/mol. The van der Waals surface area contributed by atoms with Crippen LogP contribution in [0.3, 0.4) is 0 Å². The first-order valence-corrected chi connectivity index (χ1v) is 16.1. The first-order chi connectivity index (χ1) is 20.2. The van der Waals surface area contributed by atoms with Crippen molar-refractivity contribution in [1.82, 2.24) is 0 Å². The molecule has 0 spiro atoms. The minimum atomic E-state index is 0. The molecule has 0 radical (unpaired) electrons. The smallest absolute Gasteiger partial charge is 0.213 e. The summed E-state index contributed by atoms with van der Waals surface area (Å²) in [6.45, 7) is 6.21. The summed E-state index contributed by atoms with van der Waals surface area (Å²) < 4.78 is 26.3. The van der Waals surface area contributed by atoms with Gasteiger partial charge in [-0.05, 0) is 48.1 Å². The monoisotopic (exact) mass is 597 g/mol. The molecule has 1 aliphatic heterocycles. The van der Waals surface area contributed by atoms with Gasteiger partial charge in [0.25, 0.3) is 0 Å². The Kier molecular flexibility index (Phi) is 14.1. The van der Waals surface area contributed by atoms with Gasteiger partial charge < -0.3 is 31.4 Å². The zero-order valence-corrected chi connectivity index (χ0v) is 27.4. The maximum atomic E-state index is 6.27. The van der Waals surface area contributed by atoms with Crippen LogP contribution in [-0.2, 0) is 19.4 Å². The Morgan fingerprint density at radius 2 is 1.36 bits per heavy atom. The number of unbranched alkanes of at least 4 members (excludes halogenated alkanes) is 10. The van der Waals surface area contributed by atoms with Crippen LogP contribution in [0.25, 0.3) is 22.0 Å². The van der Waals surface area contributed by atoms with Gasteiger partial charge in [0.05, 0.1) is 38.9 Å². The van der Waals surface area contributed by atoms with E-state index in [1.54, 1.807) is 21.3 Å². The fourth-order valence-corrected chi connectivity index (χ4v) is 6.29. The summed E-state index contributed by atoms with van der Waals surface area (Å²) in [4.78, 5) is 0. The van der Waals surface area contributed by atoms with Crippen molar-refractivity contribution in [2.24, 2.45) is 0 Å². The number of halogens is 1.